The minimum atomic E-state index is 0.199. The Balaban J connectivity index is 2.80. The highest BCUT2D eigenvalue weighted by atomic mass is 14.9. The van der Waals surface area contributed by atoms with E-state index in [9.17, 15) is 0 Å². The van der Waals surface area contributed by atoms with Crippen LogP contribution in [0.15, 0.2) is 24.3 Å². The summed E-state index contributed by atoms with van der Waals surface area (Å²) in [6, 6.07) is 8.98. The molecule has 0 fully saturated rings. The van der Waals surface area contributed by atoms with Gasteiger partial charge in [-0.1, -0.05) is 45.0 Å². The van der Waals surface area contributed by atoms with Gasteiger partial charge in [-0.3, -0.25) is 0 Å². The fraction of sp³-hybridized carbons (Fsp3) is 0.571. The maximum absolute atomic E-state index is 5.60. The molecule has 1 aromatic carbocycles. The van der Waals surface area contributed by atoms with Gasteiger partial charge in [0.15, 0.2) is 0 Å². The van der Waals surface area contributed by atoms with Crippen LogP contribution in [-0.4, -0.2) is 12.6 Å². The molecule has 0 unspecified atom stereocenters. The van der Waals surface area contributed by atoms with Gasteiger partial charge in [0.1, 0.15) is 0 Å². The highest BCUT2D eigenvalue weighted by Gasteiger charge is 2.16. The molecule has 3 N–H and O–H groups in total. The van der Waals surface area contributed by atoms with E-state index in [1.807, 2.05) is 0 Å². The quantitative estimate of drug-likeness (QED) is 0.818. The Labute approximate surface area is 99.2 Å². The van der Waals surface area contributed by atoms with Gasteiger partial charge in [0.25, 0.3) is 0 Å². The normalized spacial score (nSPS) is 13.8. The van der Waals surface area contributed by atoms with E-state index in [4.69, 9.17) is 5.73 Å². The molecule has 0 aromatic heterocycles. The molecule has 2 heteroatoms. The maximum atomic E-state index is 5.60. The van der Waals surface area contributed by atoms with Gasteiger partial charge in [0.2, 0.25) is 0 Å². The molecule has 0 aliphatic rings. The van der Waals surface area contributed by atoms with Gasteiger partial charge in [-0.15, -0.1) is 0 Å². The van der Waals surface area contributed by atoms with Crippen molar-refractivity contribution < 1.29 is 0 Å². The number of nitrogens with one attached hydrogen (secondary N) is 1. The van der Waals surface area contributed by atoms with E-state index in [1.165, 1.54) is 11.1 Å². The lowest BCUT2D eigenvalue weighted by Gasteiger charge is -2.23. The highest BCUT2D eigenvalue weighted by Crippen LogP contribution is 2.25. The van der Waals surface area contributed by atoms with Crippen LogP contribution in [0.5, 0.6) is 0 Å². The summed E-state index contributed by atoms with van der Waals surface area (Å²) in [7, 11) is 0. The van der Waals surface area contributed by atoms with Gasteiger partial charge in [0, 0.05) is 19.1 Å². The second-order valence-corrected chi connectivity index (χ2v) is 5.42. The van der Waals surface area contributed by atoms with E-state index in [1.54, 1.807) is 0 Å². The molecule has 0 heterocycles. The van der Waals surface area contributed by atoms with Crippen LogP contribution in [0.4, 0.5) is 0 Å². The molecule has 0 bridgehead atoms. The van der Waals surface area contributed by atoms with Crippen molar-refractivity contribution in [2.45, 2.75) is 45.7 Å². The fourth-order valence-electron chi connectivity index (χ4n) is 1.77. The first-order valence-corrected chi connectivity index (χ1v) is 5.97. The smallest absolute Gasteiger partial charge is 0.0211 e. The van der Waals surface area contributed by atoms with Crippen LogP contribution >= 0.6 is 0 Å². The van der Waals surface area contributed by atoms with Crippen LogP contribution < -0.4 is 11.1 Å². The van der Waals surface area contributed by atoms with E-state index < -0.39 is 0 Å². The van der Waals surface area contributed by atoms with Crippen molar-refractivity contribution in [3.63, 3.8) is 0 Å². The minimum absolute atomic E-state index is 0.199. The van der Waals surface area contributed by atoms with Crippen LogP contribution in [0.2, 0.25) is 0 Å². The van der Waals surface area contributed by atoms with Crippen molar-refractivity contribution in [2.24, 2.45) is 5.73 Å². The number of hydrogen-bond acceptors (Lipinski definition) is 2. The molecule has 0 aliphatic carbocycles. The summed E-state index contributed by atoms with van der Waals surface area (Å²) in [5.74, 6) is 0. The van der Waals surface area contributed by atoms with Crippen molar-refractivity contribution in [3.05, 3.63) is 35.4 Å². The van der Waals surface area contributed by atoms with E-state index in [0.29, 0.717) is 12.6 Å². The Hall–Kier alpha value is -0.860. The second-order valence-electron chi connectivity index (χ2n) is 5.42. The third-order valence-electron chi connectivity index (χ3n) is 2.82. The molecular weight excluding hydrogens is 196 g/mol. The Kier molecular flexibility index (Phi) is 4.51. The molecule has 0 saturated heterocycles. The first-order chi connectivity index (χ1) is 7.45. The summed E-state index contributed by atoms with van der Waals surface area (Å²) in [6.07, 6.45) is 0. The largest absolute Gasteiger partial charge is 0.329 e. The predicted molar refractivity (Wildman–Crippen MR) is 70.5 cm³/mol. The zero-order valence-corrected chi connectivity index (χ0v) is 10.9. The van der Waals surface area contributed by atoms with E-state index >= 15 is 0 Å². The molecule has 16 heavy (non-hydrogen) atoms. The molecule has 0 radical (unpaired) electrons. The summed E-state index contributed by atoms with van der Waals surface area (Å²) in [5, 5.41) is 3.44. The number of nitrogens with two attached hydrogens (primary N) is 1. The highest BCUT2D eigenvalue weighted by molar-refractivity contribution is 5.32. The Bertz CT molecular complexity index is 326. The van der Waals surface area contributed by atoms with Crippen molar-refractivity contribution in [1.82, 2.24) is 5.32 Å². The Morgan fingerprint density at radius 2 is 1.88 bits per heavy atom. The van der Waals surface area contributed by atoms with E-state index in [2.05, 4.69) is 57.3 Å². The third-order valence-corrected chi connectivity index (χ3v) is 2.82. The lowest BCUT2D eigenvalue weighted by molar-refractivity contribution is 0.536. The summed E-state index contributed by atoms with van der Waals surface area (Å²) in [5.41, 5.74) is 8.58. The van der Waals surface area contributed by atoms with Crippen molar-refractivity contribution in [1.29, 1.82) is 0 Å². The van der Waals surface area contributed by atoms with Gasteiger partial charge in [-0.25, -0.2) is 0 Å². The van der Waals surface area contributed by atoms with Gasteiger partial charge >= 0.3 is 0 Å². The SMILES string of the molecule is C[C@H](CN)NCc1ccccc1C(C)(C)C. The average Bonchev–Trinajstić information content (AvgIpc) is 2.25. The second kappa shape index (κ2) is 5.46. The molecular formula is C14H24N2. The van der Waals surface area contributed by atoms with Crippen LogP contribution in [-0.2, 0) is 12.0 Å². The average molecular weight is 220 g/mol. The van der Waals surface area contributed by atoms with Crippen molar-refractivity contribution in [3.8, 4) is 0 Å². The van der Waals surface area contributed by atoms with Gasteiger partial charge in [0.05, 0.1) is 0 Å². The lowest BCUT2D eigenvalue weighted by atomic mass is 9.84. The fourth-order valence-corrected chi connectivity index (χ4v) is 1.77. The van der Waals surface area contributed by atoms with Gasteiger partial charge < -0.3 is 11.1 Å². The molecule has 2 nitrogen and oxygen atoms in total. The number of benzene rings is 1. The first kappa shape index (κ1) is 13.2. The third kappa shape index (κ3) is 3.62. The topological polar surface area (TPSA) is 38.0 Å². The number of rotatable bonds is 4. The summed E-state index contributed by atoms with van der Waals surface area (Å²) < 4.78 is 0. The number of hydrogen-bond donors (Lipinski definition) is 2. The van der Waals surface area contributed by atoms with Crippen molar-refractivity contribution >= 4 is 0 Å². The molecule has 0 aliphatic heterocycles. The van der Waals surface area contributed by atoms with Crippen LogP contribution in [0, 0.1) is 0 Å². The zero-order valence-electron chi connectivity index (χ0n) is 10.9. The van der Waals surface area contributed by atoms with Crippen molar-refractivity contribution in [2.75, 3.05) is 6.54 Å². The van der Waals surface area contributed by atoms with E-state index in [0.717, 1.165) is 6.54 Å². The van der Waals surface area contributed by atoms with Crippen LogP contribution in [0.1, 0.15) is 38.8 Å². The summed E-state index contributed by atoms with van der Waals surface area (Å²) >= 11 is 0. The lowest BCUT2D eigenvalue weighted by Crippen LogP contribution is -2.33. The zero-order chi connectivity index (χ0) is 12.2. The van der Waals surface area contributed by atoms with Crippen LogP contribution in [0.25, 0.3) is 0 Å². The molecule has 90 valence electrons. The van der Waals surface area contributed by atoms with Crippen LogP contribution in [0.3, 0.4) is 0 Å². The minimum Gasteiger partial charge on any atom is -0.329 e. The van der Waals surface area contributed by atoms with E-state index in [-0.39, 0.29) is 5.41 Å². The Morgan fingerprint density at radius 3 is 2.44 bits per heavy atom. The summed E-state index contributed by atoms with van der Waals surface area (Å²) in [6.45, 7) is 10.4. The standard InChI is InChI=1S/C14H24N2/c1-11(9-15)16-10-12-7-5-6-8-13(12)14(2,3)4/h5-8,11,16H,9-10,15H2,1-4H3/t11-/m1/s1. The maximum Gasteiger partial charge on any atom is 0.0211 e. The molecule has 1 atom stereocenters. The predicted octanol–water partition coefficient (Wildman–Crippen LogP) is 2.42. The summed E-state index contributed by atoms with van der Waals surface area (Å²) in [4.78, 5) is 0. The first-order valence-electron chi connectivity index (χ1n) is 5.97. The molecule has 0 spiro atoms. The van der Waals surface area contributed by atoms with Gasteiger partial charge in [-0.05, 0) is 23.5 Å². The monoisotopic (exact) mass is 220 g/mol. The molecule has 1 aromatic rings. The molecule has 0 amide bonds. The molecule has 1 rings (SSSR count). The van der Waals surface area contributed by atoms with Gasteiger partial charge in [-0.2, -0.15) is 0 Å². The Morgan fingerprint density at radius 1 is 1.25 bits per heavy atom. The molecule has 0 saturated carbocycles.